The maximum absolute atomic E-state index is 11.7. The first-order chi connectivity index (χ1) is 8.54. The second-order valence-electron chi connectivity index (χ2n) is 4.03. The van der Waals surface area contributed by atoms with Crippen molar-refractivity contribution in [3.63, 3.8) is 0 Å². The van der Waals surface area contributed by atoms with Crippen LogP contribution in [0.4, 0.5) is 5.69 Å². The third-order valence-electron chi connectivity index (χ3n) is 2.59. The summed E-state index contributed by atoms with van der Waals surface area (Å²) in [7, 11) is 1.72. The van der Waals surface area contributed by atoms with E-state index in [0.29, 0.717) is 18.7 Å². The Kier molecular flexibility index (Phi) is 5.53. The lowest BCUT2D eigenvalue weighted by Crippen LogP contribution is -2.29. The van der Waals surface area contributed by atoms with E-state index in [9.17, 15) is 4.79 Å². The summed E-state index contributed by atoms with van der Waals surface area (Å²) in [5.41, 5.74) is 7.51. The highest BCUT2D eigenvalue weighted by atomic mass is 32.2. The molecule has 1 aromatic carbocycles. The smallest absolute Gasteiger partial charge is 0.232 e. The van der Waals surface area contributed by atoms with Crippen LogP contribution >= 0.6 is 11.8 Å². The van der Waals surface area contributed by atoms with Gasteiger partial charge < -0.3 is 10.6 Å². The first-order valence-electron chi connectivity index (χ1n) is 5.64. The predicted molar refractivity (Wildman–Crippen MR) is 74.2 cm³/mol. The van der Waals surface area contributed by atoms with Gasteiger partial charge in [-0.05, 0) is 30.7 Å². The van der Waals surface area contributed by atoms with E-state index in [0.717, 1.165) is 16.1 Å². The molecule has 0 aliphatic rings. The Hall–Kier alpha value is -1.67. The standard InChI is InChI=1S/C13H17N3OS/c1-10-8-11(4-5-12(10)15)18-9-13(17)16(2)7-3-6-14/h4-5,8H,3,7,9,15H2,1-2H3. The molecule has 0 aliphatic carbocycles. The summed E-state index contributed by atoms with van der Waals surface area (Å²) in [6, 6.07) is 7.76. The zero-order valence-corrected chi connectivity index (χ0v) is 11.5. The molecule has 0 aliphatic heterocycles. The Labute approximate surface area is 112 Å². The van der Waals surface area contributed by atoms with Gasteiger partial charge in [0.15, 0.2) is 0 Å². The van der Waals surface area contributed by atoms with Crippen LogP contribution in [-0.4, -0.2) is 30.2 Å². The quantitative estimate of drug-likeness (QED) is 0.652. The molecule has 0 aromatic heterocycles. The number of rotatable bonds is 5. The van der Waals surface area contributed by atoms with Crippen molar-refractivity contribution in [2.75, 3.05) is 25.1 Å². The summed E-state index contributed by atoms with van der Waals surface area (Å²) in [5.74, 6) is 0.412. The fourth-order valence-electron chi connectivity index (χ4n) is 1.34. The van der Waals surface area contributed by atoms with Gasteiger partial charge in [-0.3, -0.25) is 4.79 Å². The van der Waals surface area contributed by atoms with E-state index in [2.05, 4.69) is 0 Å². The van der Waals surface area contributed by atoms with Gasteiger partial charge in [0.2, 0.25) is 5.91 Å². The van der Waals surface area contributed by atoms with Crippen LogP contribution in [0.5, 0.6) is 0 Å². The number of carbonyl (C=O) groups is 1. The summed E-state index contributed by atoms with van der Waals surface area (Å²) >= 11 is 1.48. The minimum atomic E-state index is 0.0322. The van der Waals surface area contributed by atoms with Crippen LogP contribution in [0.25, 0.3) is 0 Å². The number of nitrogens with two attached hydrogens (primary N) is 1. The maximum Gasteiger partial charge on any atom is 0.232 e. The summed E-state index contributed by atoms with van der Waals surface area (Å²) in [6.07, 6.45) is 0.369. The number of thioether (sulfide) groups is 1. The number of nitriles is 1. The third-order valence-corrected chi connectivity index (χ3v) is 3.57. The van der Waals surface area contributed by atoms with Crippen LogP contribution in [0.2, 0.25) is 0 Å². The largest absolute Gasteiger partial charge is 0.399 e. The molecule has 1 rings (SSSR count). The fourth-order valence-corrected chi connectivity index (χ4v) is 2.27. The average molecular weight is 263 g/mol. The molecule has 0 atom stereocenters. The molecule has 18 heavy (non-hydrogen) atoms. The van der Waals surface area contributed by atoms with Crippen molar-refractivity contribution in [2.24, 2.45) is 0 Å². The summed E-state index contributed by atoms with van der Waals surface area (Å²) in [5, 5.41) is 8.46. The van der Waals surface area contributed by atoms with Crippen molar-refractivity contribution in [3.05, 3.63) is 23.8 Å². The topological polar surface area (TPSA) is 70.1 Å². The highest BCUT2D eigenvalue weighted by Crippen LogP contribution is 2.22. The van der Waals surface area contributed by atoms with Crippen molar-refractivity contribution >= 4 is 23.4 Å². The van der Waals surface area contributed by atoms with Crippen molar-refractivity contribution in [1.82, 2.24) is 4.90 Å². The zero-order valence-electron chi connectivity index (χ0n) is 10.6. The number of carbonyl (C=O) groups excluding carboxylic acids is 1. The molecule has 0 saturated carbocycles. The Morgan fingerprint density at radius 3 is 2.89 bits per heavy atom. The van der Waals surface area contributed by atoms with Gasteiger partial charge in [-0.15, -0.1) is 11.8 Å². The summed E-state index contributed by atoms with van der Waals surface area (Å²) in [4.78, 5) is 14.4. The molecule has 0 radical (unpaired) electrons. The zero-order chi connectivity index (χ0) is 13.5. The first-order valence-corrected chi connectivity index (χ1v) is 6.63. The molecule has 96 valence electrons. The van der Waals surface area contributed by atoms with Crippen LogP contribution in [0.3, 0.4) is 0 Å². The lowest BCUT2D eigenvalue weighted by Gasteiger charge is -2.15. The van der Waals surface area contributed by atoms with Crippen molar-refractivity contribution < 1.29 is 4.79 Å². The molecule has 5 heteroatoms. The van der Waals surface area contributed by atoms with Gasteiger partial charge in [-0.2, -0.15) is 5.26 Å². The minimum Gasteiger partial charge on any atom is -0.399 e. The van der Waals surface area contributed by atoms with E-state index in [1.165, 1.54) is 11.8 Å². The second kappa shape index (κ2) is 6.92. The SMILES string of the molecule is Cc1cc(SCC(=O)N(C)CCC#N)ccc1N. The van der Waals surface area contributed by atoms with Crippen LogP contribution in [0, 0.1) is 18.3 Å². The molecule has 0 heterocycles. The number of nitrogens with zero attached hydrogens (tertiary/aromatic N) is 2. The molecule has 0 unspecified atom stereocenters. The van der Waals surface area contributed by atoms with E-state index in [-0.39, 0.29) is 5.91 Å². The Balaban J connectivity index is 2.47. The molecule has 1 aromatic rings. The molecule has 0 fully saturated rings. The highest BCUT2D eigenvalue weighted by molar-refractivity contribution is 8.00. The average Bonchev–Trinajstić information content (AvgIpc) is 2.36. The molecular formula is C13H17N3OS. The van der Waals surface area contributed by atoms with Gasteiger partial charge >= 0.3 is 0 Å². The van der Waals surface area contributed by atoms with E-state index < -0.39 is 0 Å². The molecule has 0 bridgehead atoms. The maximum atomic E-state index is 11.7. The predicted octanol–water partition coefficient (Wildman–Crippen LogP) is 2.04. The number of amides is 1. The number of aryl methyl sites for hydroxylation is 1. The van der Waals surface area contributed by atoms with E-state index in [1.54, 1.807) is 11.9 Å². The van der Waals surface area contributed by atoms with Crippen LogP contribution < -0.4 is 5.73 Å². The summed E-state index contributed by atoms with van der Waals surface area (Å²) < 4.78 is 0. The fraction of sp³-hybridized carbons (Fsp3) is 0.385. The van der Waals surface area contributed by atoms with Crippen molar-refractivity contribution in [2.45, 2.75) is 18.2 Å². The van der Waals surface area contributed by atoms with Crippen molar-refractivity contribution in [1.29, 1.82) is 5.26 Å². The summed E-state index contributed by atoms with van der Waals surface area (Å²) in [6.45, 7) is 2.43. The molecule has 0 saturated heterocycles. The Morgan fingerprint density at radius 1 is 1.56 bits per heavy atom. The lowest BCUT2D eigenvalue weighted by atomic mass is 10.2. The van der Waals surface area contributed by atoms with Gasteiger partial charge in [0.1, 0.15) is 0 Å². The van der Waals surface area contributed by atoms with E-state index in [1.807, 2.05) is 31.2 Å². The van der Waals surface area contributed by atoms with Crippen LogP contribution in [-0.2, 0) is 4.79 Å². The molecule has 2 N–H and O–H groups in total. The van der Waals surface area contributed by atoms with Crippen LogP contribution in [0.15, 0.2) is 23.1 Å². The molecule has 0 spiro atoms. The number of anilines is 1. The molecule has 4 nitrogen and oxygen atoms in total. The van der Waals surface area contributed by atoms with Gasteiger partial charge in [-0.1, -0.05) is 0 Å². The van der Waals surface area contributed by atoms with Crippen molar-refractivity contribution in [3.8, 4) is 6.07 Å². The monoisotopic (exact) mass is 263 g/mol. The number of hydrogen-bond acceptors (Lipinski definition) is 4. The second-order valence-corrected chi connectivity index (χ2v) is 5.08. The normalized spacial score (nSPS) is 9.83. The van der Waals surface area contributed by atoms with Crippen LogP contribution in [0.1, 0.15) is 12.0 Å². The van der Waals surface area contributed by atoms with E-state index in [4.69, 9.17) is 11.0 Å². The Morgan fingerprint density at radius 2 is 2.28 bits per heavy atom. The Bertz CT molecular complexity index is 468. The first kappa shape index (κ1) is 14.4. The highest BCUT2D eigenvalue weighted by Gasteiger charge is 2.09. The van der Waals surface area contributed by atoms with Gasteiger partial charge in [0.25, 0.3) is 0 Å². The lowest BCUT2D eigenvalue weighted by molar-refractivity contribution is -0.127. The number of hydrogen-bond donors (Lipinski definition) is 1. The minimum absolute atomic E-state index is 0.0322. The van der Waals surface area contributed by atoms with E-state index >= 15 is 0 Å². The molecule has 1 amide bonds. The van der Waals surface area contributed by atoms with Gasteiger partial charge in [0.05, 0.1) is 18.2 Å². The third kappa shape index (κ3) is 4.30. The van der Waals surface area contributed by atoms with Gasteiger partial charge in [0, 0.05) is 24.2 Å². The van der Waals surface area contributed by atoms with Gasteiger partial charge in [-0.25, -0.2) is 0 Å². The molecular weight excluding hydrogens is 246 g/mol. The number of nitrogen functional groups attached to an aromatic ring is 1. The number of benzene rings is 1.